The molecule has 1 heterocycles. The van der Waals surface area contributed by atoms with Crippen LogP contribution in [0.1, 0.15) is 63.7 Å². The second kappa shape index (κ2) is 7.05. The molecule has 1 fully saturated rings. The van der Waals surface area contributed by atoms with Gasteiger partial charge in [0, 0.05) is 0 Å². The van der Waals surface area contributed by atoms with Gasteiger partial charge in [0.1, 0.15) is 6.04 Å². The smallest absolute Gasteiger partial charge is 0.258 e. The number of aromatic amines is 1. The summed E-state index contributed by atoms with van der Waals surface area (Å²) in [5, 5.41) is 3.07. The molecule has 1 aromatic heterocycles. The number of hydrogen-bond acceptors (Lipinski definition) is 2. The summed E-state index contributed by atoms with van der Waals surface area (Å²) < 4.78 is 0. The third-order valence-electron chi connectivity index (χ3n) is 4.77. The zero-order valence-corrected chi connectivity index (χ0v) is 13.3. The first kappa shape index (κ1) is 15.2. The molecule has 0 spiro atoms. The van der Waals surface area contributed by atoms with Gasteiger partial charge < -0.3 is 10.3 Å². The van der Waals surface area contributed by atoms with Gasteiger partial charge in [0.15, 0.2) is 5.82 Å². The normalized spacial score (nSPS) is 18.8. The van der Waals surface area contributed by atoms with E-state index in [0.717, 1.165) is 11.3 Å². The summed E-state index contributed by atoms with van der Waals surface area (Å²) in [5.41, 5.74) is 0.762. The standard InChI is InChI=1S/C18H25N3O/c1-13(19-14-9-5-3-2-4-6-10-14)17-20-16-12-8-7-11-15(16)18(22)21-17/h7-8,11-14,19H,2-6,9-10H2,1H3,(H,20,21,22)/p+1/t13-/m0/s1. The molecule has 0 aliphatic heterocycles. The molecule has 0 bridgehead atoms. The molecule has 1 aliphatic carbocycles. The Labute approximate surface area is 131 Å². The first-order valence-corrected chi connectivity index (χ1v) is 8.58. The highest BCUT2D eigenvalue weighted by Crippen LogP contribution is 2.16. The molecule has 4 nitrogen and oxygen atoms in total. The number of quaternary nitrogens is 1. The van der Waals surface area contributed by atoms with Gasteiger partial charge in [0.25, 0.3) is 5.56 Å². The van der Waals surface area contributed by atoms with Crippen molar-refractivity contribution in [1.29, 1.82) is 0 Å². The van der Waals surface area contributed by atoms with Gasteiger partial charge in [-0.3, -0.25) is 4.79 Å². The molecule has 3 N–H and O–H groups in total. The van der Waals surface area contributed by atoms with Crippen molar-refractivity contribution >= 4 is 10.9 Å². The average Bonchev–Trinajstić information content (AvgIpc) is 2.49. The van der Waals surface area contributed by atoms with E-state index in [1.807, 2.05) is 24.3 Å². The van der Waals surface area contributed by atoms with Crippen LogP contribution in [0.5, 0.6) is 0 Å². The zero-order chi connectivity index (χ0) is 15.4. The van der Waals surface area contributed by atoms with Crippen molar-refractivity contribution < 1.29 is 5.32 Å². The first-order valence-electron chi connectivity index (χ1n) is 8.58. The Kier molecular flexibility index (Phi) is 4.88. The van der Waals surface area contributed by atoms with Gasteiger partial charge in [-0.15, -0.1) is 0 Å². The molecule has 4 heteroatoms. The van der Waals surface area contributed by atoms with Crippen molar-refractivity contribution in [3.63, 3.8) is 0 Å². The molecule has 3 rings (SSSR count). The predicted octanol–water partition coefficient (Wildman–Crippen LogP) is 2.66. The second-order valence-corrected chi connectivity index (χ2v) is 6.55. The third-order valence-corrected chi connectivity index (χ3v) is 4.77. The average molecular weight is 300 g/mol. The van der Waals surface area contributed by atoms with E-state index in [0.29, 0.717) is 11.4 Å². The number of rotatable bonds is 3. The van der Waals surface area contributed by atoms with E-state index < -0.39 is 0 Å². The molecule has 2 aromatic rings. The maximum absolute atomic E-state index is 12.2. The molecule has 0 amide bonds. The van der Waals surface area contributed by atoms with Gasteiger partial charge >= 0.3 is 0 Å². The first-order chi connectivity index (χ1) is 10.7. The summed E-state index contributed by atoms with van der Waals surface area (Å²) in [4.78, 5) is 19.8. The lowest BCUT2D eigenvalue weighted by molar-refractivity contribution is -0.727. The Morgan fingerprint density at radius 1 is 1.14 bits per heavy atom. The molecular weight excluding hydrogens is 274 g/mol. The van der Waals surface area contributed by atoms with Gasteiger partial charge in [0.05, 0.1) is 16.9 Å². The van der Waals surface area contributed by atoms with E-state index in [1.54, 1.807) is 0 Å². The van der Waals surface area contributed by atoms with E-state index in [-0.39, 0.29) is 11.6 Å². The monoisotopic (exact) mass is 300 g/mol. The molecule has 118 valence electrons. The second-order valence-electron chi connectivity index (χ2n) is 6.55. The minimum atomic E-state index is -0.0292. The van der Waals surface area contributed by atoms with E-state index in [9.17, 15) is 4.79 Å². The number of nitrogens with zero attached hydrogens (tertiary/aromatic N) is 1. The van der Waals surface area contributed by atoms with Crippen molar-refractivity contribution in [3.05, 3.63) is 40.4 Å². The van der Waals surface area contributed by atoms with E-state index in [1.165, 1.54) is 44.9 Å². The Hall–Kier alpha value is -1.68. The van der Waals surface area contributed by atoms with E-state index in [2.05, 4.69) is 22.2 Å². The number of para-hydroxylation sites is 1. The molecule has 1 atom stereocenters. The van der Waals surface area contributed by atoms with Gasteiger partial charge in [-0.1, -0.05) is 31.4 Å². The van der Waals surface area contributed by atoms with Crippen LogP contribution in [-0.4, -0.2) is 16.0 Å². The van der Waals surface area contributed by atoms with Crippen LogP contribution in [0.25, 0.3) is 10.9 Å². The summed E-state index contributed by atoms with van der Waals surface area (Å²) >= 11 is 0. The minimum Gasteiger partial charge on any atom is -0.335 e. The molecular formula is C18H26N3O+. The fourth-order valence-electron chi connectivity index (χ4n) is 3.50. The van der Waals surface area contributed by atoms with Crippen LogP contribution in [0.4, 0.5) is 0 Å². The quantitative estimate of drug-likeness (QED) is 0.915. The summed E-state index contributed by atoms with van der Waals surface area (Å²) in [7, 11) is 0. The number of fused-ring (bicyclic) bond motifs is 1. The van der Waals surface area contributed by atoms with Crippen molar-refractivity contribution in [2.24, 2.45) is 0 Å². The molecule has 0 radical (unpaired) electrons. The largest absolute Gasteiger partial charge is 0.335 e. The van der Waals surface area contributed by atoms with Gasteiger partial charge in [-0.25, -0.2) is 4.98 Å². The Morgan fingerprint density at radius 2 is 1.82 bits per heavy atom. The van der Waals surface area contributed by atoms with E-state index in [4.69, 9.17) is 0 Å². The zero-order valence-electron chi connectivity index (χ0n) is 13.3. The molecule has 1 saturated carbocycles. The van der Waals surface area contributed by atoms with E-state index >= 15 is 0 Å². The SMILES string of the molecule is C[C@H]([NH2+]C1CCCCCCC1)c1nc2ccccc2c(=O)[nH]1. The van der Waals surface area contributed by atoms with Gasteiger partial charge in [0.2, 0.25) is 0 Å². The van der Waals surface area contributed by atoms with Gasteiger partial charge in [-0.2, -0.15) is 0 Å². The number of nitrogens with one attached hydrogen (secondary N) is 1. The fourth-order valence-corrected chi connectivity index (χ4v) is 3.50. The van der Waals surface area contributed by atoms with Crippen molar-refractivity contribution in [1.82, 2.24) is 9.97 Å². The third kappa shape index (κ3) is 3.55. The fraction of sp³-hybridized carbons (Fsp3) is 0.556. The molecule has 22 heavy (non-hydrogen) atoms. The Morgan fingerprint density at radius 3 is 2.59 bits per heavy atom. The minimum absolute atomic E-state index is 0.0292. The summed E-state index contributed by atoms with van der Waals surface area (Å²) in [6.45, 7) is 2.14. The van der Waals surface area contributed by atoms with Crippen LogP contribution < -0.4 is 10.9 Å². The van der Waals surface area contributed by atoms with Crippen LogP contribution in [0.2, 0.25) is 0 Å². The Bertz CT molecular complexity index is 671. The summed E-state index contributed by atoms with van der Waals surface area (Å²) in [6, 6.07) is 8.41. The summed E-state index contributed by atoms with van der Waals surface area (Å²) in [5.74, 6) is 0.797. The molecule has 0 saturated heterocycles. The number of hydrogen-bond donors (Lipinski definition) is 2. The highest BCUT2D eigenvalue weighted by molar-refractivity contribution is 5.77. The maximum atomic E-state index is 12.2. The predicted molar refractivity (Wildman–Crippen MR) is 88.8 cm³/mol. The van der Waals surface area contributed by atoms with Crippen molar-refractivity contribution in [2.45, 2.75) is 64.0 Å². The number of aromatic nitrogens is 2. The topological polar surface area (TPSA) is 62.4 Å². The van der Waals surface area contributed by atoms with Crippen LogP contribution in [0.3, 0.4) is 0 Å². The van der Waals surface area contributed by atoms with Crippen LogP contribution in [0, 0.1) is 0 Å². The molecule has 1 aromatic carbocycles. The highest BCUT2D eigenvalue weighted by atomic mass is 16.1. The van der Waals surface area contributed by atoms with Gasteiger partial charge in [-0.05, 0) is 44.7 Å². The number of H-pyrrole nitrogens is 1. The lowest BCUT2D eigenvalue weighted by Crippen LogP contribution is -2.90. The maximum Gasteiger partial charge on any atom is 0.258 e. The number of nitrogens with two attached hydrogens (primary N) is 1. The van der Waals surface area contributed by atoms with Crippen molar-refractivity contribution in [2.75, 3.05) is 0 Å². The summed E-state index contributed by atoms with van der Waals surface area (Å²) in [6.07, 6.45) is 9.34. The molecule has 1 aliphatic rings. The number of benzene rings is 1. The van der Waals surface area contributed by atoms with Crippen molar-refractivity contribution in [3.8, 4) is 0 Å². The lowest BCUT2D eigenvalue weighted by Gasteiger charge is -2.21. The van der Waals surface area contributed by atoms with Crippen LogP contribution in [-0.2, 0) is 0 Å². The van der Waals surface area contributed by atoms with Crippen LogP contribution in [0.15, 0.2) is 29.1 Å². The van der Waals surface area contributed by atoms with Crippen LogP contribution >= 0.6 is 0 Å². The Balaban J connectivity index is 1.76. The lowest BCUT2D eigenvalue weighted by atomic mass is 9.96. The highest BCUT2D eigenvalue weighted by Gasteiger charge is 2.20. The molecule has 0 unspecified atom stereocenters.